The second-order valence-electron chi connectivity index (χ2n) is 9.29. The fraction of sp³-hybridized carbons (Fsp3) is 0.370. The van der Waals surface area contributed by atoms with E-state index in [4.69, 9.17) is 31.0 Å². The molecule has 1 fully saturated rings. The molecule has 0 saturated carbocycles. The first-order valence-corrected chi connectivity index (χ1v) is 12.6. The average molecular weight is 508 g/mol. The van der Waals surface area contributed by atoms with Gasteiger partial charge < -0.3 is 24.6 Å². The maximum atomic E-state index is 13.1. The van der Waals surface area contributed by atoms with Crippen molar-refractivity contribution in [2.75, 3.05) is 37.0 Å². The largest absolute Gasteiger partial charge is 0.493 e. The molecule has 0 unspecified atom stereocenters. The van der Waals surface area contributed by atoms with Gasteiger partial charge in [-0.2, -0.15) is 4.98 Å². The van der Waals surface area contributed by atoms with Crippen LogP contribution in [0.2, 0.25) is 5.02 Å². The van der Waals surface area contributed by atoms with Gasteiger partial charge in [0.05, 0.1) is 24.9 Å². The second-order valence-corrected chi connectivity index (χ2v) is 9.72. The van der Waals surface area contributed by atoms with Crippen molar-refractivity contribution in [3.05, 3.63) is 64.8 Å². The molecule has 1 N–H and O–H groups in total. The average Bonchev–Trinajstić information content (AvgIpc) is 2.89. The number of hydrogen-bond donors (Lipinski definition) is 1. The van der Waals surface area contributed by atoms with Crippen molar-refractivity contribution in [1.29, 1.82) is 0 Å². The number of rotatable bonds is 5. The number of ether oxygens (including phenoxy) is 2. The quantitative estimate of drug-likeness (QED) is 0.473. The highest BCUT2D eigenvalue weighted by molar-refractivity contribution is 6.30. The van der Waals surface area contributed by atoms with Crippen LogP contribution >= 0.6 is 11.6 Å². The standard InChI is InChI=1S/C27H30ClN5O3/c1-18-10-13-32(14-11-18)26-30-22-12-15-33(27(34)29-20-7-5-6-19(28)16-20)17-21(22)25(31-26)36-24-9-4-3-8-23(24)35-2/h3-9,16,18H,10-15,17H2,1-2H3,(H,29,34). The molecule has 188 valence electrons. The molecular weight excluding hydrogens is 478 g/mol. The first kappa shape index (κ1) is 24.2. The minimum Gasteiger partial charge on any atom is -0.493 e. The molecule has 0 spiro atoms. The van der Waals surface area contributed by atoms with E-state index < -0.39 is 0 Å². The van der Waals surface area contributed by atoms with E-state index in [9.17, 15) is 4.79 Å². The van der Waals surface area contributed by atoms with Gasteiger partial charge in [-0.3, -0.25) is 0 Å². The predicted octanol–water partition coefficient (Wildman–Crippen LogP) is 5.76. The molecule has 3 aromatic rings. The van der Waals surface area contributed by atoms with E-state index in [-0.39, 0.29) is 6.03 Å². The third kappa shape index (κ3) is 5.33. The second kappa shape index (κ2) is 10.6. The number of hydrogen-bond acceptors (Lipinski definition) is 6. The molecule has 0 atom stereocenters. The molecular formula is C27H30ClN5O3. The highest BCUT2D eigenvalue weighted by Gasteiger charge is 2.29. The predicted molar refractivity (Wildman–Crippen MR) is 140 cm³/mol. The van der Waals surface area contributed by atoms with Crippen molar-refractivity contribution in [3.8, 4) is 17.4 Å². The van der Waals surface area contributed by atoms with Gasteiger partial charge in [0, 0.05) is 36.8 Å². The topological polar surface area (TPSA) is 79.8 Å². The van der Waals surface area contributed by atoms with E-state index in [1.54, 1.807) is 30.2 Å². The third-order valence-electron chi connectivity index (χ3n) is 6.72. The summed E-state index contributed by atoms with van der Waals surface area (Å²) in [6.07, 6.45) is 2.83. The van der Waals surface area contributed by atoms with Gasteiger partial charge in [0.15, 0.2) is 11.5 Å². The van der Waals surface area contributed by atoms with Gasteiger partial charge in [-0.15, -0.1) is 0 Å². The van der Waals surface area contributed by atoms with Crippen LogP contribution in [0.15, 0.2) is 48.5 Å². The summed E-state index contributed by atoms with van der Waals surface area (Å²) < 4.78 is 11.8. The van der Waals surface area contributed by atoms with Crippen LogP contribution in [-0.4, -0.2) is 47.6 Å². The Morgan fingerprint density at radius 1 is 1.06 bits per heavy atom. The Morgan fingerprint density at radius 3 is 2.58 bits per heavy atom. The maximum absolute atomic E-state index is 13.1. The number of fused-ring (bicyclic) bond motifs is 1. The van der Waals surface area contributed by atoms with Gasteiger partial charge >= 0.3 is 6.03 Å². The van der Waals surface area contributed by atoms with Gasteiger partial charge in [0.1, 0.15) is 0 Å². The Bertz CT molecular complexity index is 1250. The van der Waals surface area contributed by atoms with E-state index in [0.29, 0.717) is 59.5 Å². The molecule has 8 nitrogen and oxygen atoms in total. The number of benzene rings is 2. The summed E-state index contributed by atoms with van der Waals surface area (Å²) in [5, 5.41) is 3.50. The lowest BCUT2D eigenvalue weighted by molar-refractivity contribution is 0.205. The zero-order valence-corrected chi connectivity index (χ0v) is 21.3. The van der Waals surface area contributed by atoms with Crippen LogP contribution in [0, 0.1) is 5.92 Å². The molecule has 1 saturated heterocycles. The molecule has 2 aliphatic heterocycles. The fourth-order valence-electron chi connectivity index (χ4n) is 4.56. The first-order valence-electron chi connectivity index (χ1n) is 12.3. The van der Waals surface area contributed by atoms with Gasteiger partial charge in [-0.1, -0.05) is 36.7 Å². The number of aromatic nitrogens is 2. The highest BCUT2D eigenvalue weighted by atomic mass is 35.5. The summed E-state index contributed by atoms with van der Waals surface area (Å²) in [4.78, 5) is 26.8. The minimum absolute atomic E-state index is 0.208. The molecule has 2 aliphatic rings. The maximum Gasteiger partial charge on any atom is 0.322 e. The summed E-state index contributed by atoms with van der Waals surface area (Å²) in [5.74, 6) is 3.03. The van der Waals surface area contributed by atoms with Gasteiger partial charge in [0.2, 0.25) is 11.8 Å². The number of nitrogens with one attached hydrogen (secondary N) is 1. The molecule has 0 bridgehead atoms. The van der Waals surface area contributed by atoms with E-state index >= 15 is 0 Å². The lowest BCUT2D eigenvalue weighted by atomic mass is 9.99. The van der Waals surface area contributed by atoms with Crippen LogP contribution in [-0.2, 0) is 13.0 Å². The molecule has 2 aromatic carbocycles. The lowest BCUT2D eigenvalue weighted by Crippen LogP contribution is -2.40. The summed E-state index contributed by atoms with van der Waals surface area (Å²) in [6.45, 7) is 5.00. The molecule has 36 heavy (non-hydrogen) atoms. The number of para-hydroxylation sites is 2. The number of nitrogens with zero attached hydrogens (tertiary/aromatic N) is 4. The molecule has 2 amide bonds. The smallest absolute Gasteiger partial charge is 0.322 e. The number of carbonyl (C=O) groups excluding carboxylic acids is 1. The third-order valence-corrected chi connectivity index (χ3v) is 6.95. The van der Waals surface area contributed by atoms with Crippen molar-refractivity contribution in [2.24, 2.45) is 5.92 Å². The molecule has 1 aromatic heterocycles. The number of amides is 2. The Morgan fingerprint density at radius 2 is 1.83 bits per heavy atom. The number of halogens is 1. The summed E-state index contributed by atoms with van der Waals surface area (Å²) in [6, 6.07) is 14.4. The van der Waals surface area contributed by atoms with E-state index in [0.717, 1.165) is 37.2 Å². The van der Waals surface area contributed by atoms with Crippen LogP contribution < -0.4 is 19.7 Å². The van der Waals surface area contributed by atoms with Crippen LogP contribution in [0.25, 0.3) is 0 Å². The summed E-state index contributed by atoms with van der Waals surface area (Å²) >= 11 is 6.08. The zero-order chi connectivity index (χ0) is 25.1. The van der Waals surface area contributed by atoms with E-state index in [1.807, 2.05) is 30.3 Å². The van der Waals surface area contributed by atoms with E-state index in [1.165, 1.54) is 0 Å². The van der Waals surface area contributed by atoms with Crippen molar-refractivity contribution in [1.82, 2.24) is 14.9 Å². The van der Waals surface area contributed by atoms with Crippen LogP contribution in [0.1, 0.15) is 31.0 Å². The highest BCUT2D eigenvalue weighted by Crippen LogP contribution is 2.36. The zero-order valence-electron chi connectivity index (χ0n) is 20.5. The molecule has 5 rings (SSSR count). The number of methoxy groups -OCH3 is 1. The summed E-state index contributed by atoms with van der Waals surface area (Å²) in [7, 11) is 1.61. The fourth-order valence-corrected chi connectivity index (χ4v) is 4.75. The van der Waals surface area contributed by atoms with Crippen molar-refractivity contribution in [3.63, 3.8) is 0 Å². The van der Waals surface area contributed by atoms with Crippen molar-refractivity contribution >= 4 is 29.3 Å². The van der Waals surface area contributed by atoms with Gasteiger partial charge in [-0.25, -0.2) is 9.78 Å². The molecule has 0 radical (unpaired) electrons. The number of anilines is 2. The molecule has 9 heteroatoms. The molecule has 0 aliphatic carbocycles. The summed E-state index contributed by atoms with van der Waals surface area (Å²) in [5.41, 5.74) is 2.37. The van der Waals surface area contributed by atoms with Gasteiger partial charge in [-0.05, 0) is 49.1 Å². The lowest BCUT2D eigenvalue weighted by Gasteiger charge is -2.33. The number of carbonyl (C=O) groups is 1. The van der Waals surface area contributed by atoms with Crippen LogP contribution in [0.5, 0.6) is 17.4 Å². The minimum atomic E-state index is -0.208. The number of piperidine rings is 1. The van der Waals surface area contributed by atoms with E-state index in [2.05, 4.69) is 17.1 Å². The van der Waals surface area contributed by atoms with Gasteiger partial charge in [0.25, 0.3) is 0 Å². The van der Waals surface area contributed by atoms with Crippen LogP contribution in [0.3, 0.4) is 0 Å². The number of urea groups is 1. The normalized spacial score (nSPS) is 15.9. The Hall–Kier alpha value is -3.52. The Kier molecular flexibility index (Phi) is 7.13. The van der Waals surface area contributed by atoms with Crippen molar-refractivity contribution < 1.29 is 14.3 Å². The van der Waals surface area contributed by atoms with Crippen LogP contribution in [0.4, 0.5) is 16.4 Å². The Balaban J connectivity index is 1.44. The monoisotopic (exact) mass is 507 g/mol. The Labute approximate surface area is 216 Å². The van der Waals surface area contributed by atoms with Crippen molar-refractivity contribution in [2.45, 2.75) is 32.7 Å². The molecule has 3 heterocycles. The first-order chi connectivity index (χ1) is 17.5. The SMILES string of the molecule is COc1ccccc1Oc1nc(N2CCC(C)CC2)nc2c1CN(C(=O)Nc1cccc(Cl)c1)CC2.